The molecule has 0 aliphatic heterocycles. The topological polar surface area (TPSA) is 52.6 Å². The molecule has 152 valence electrons. The molecule has 0 spiro atoms. The van der Waals surface area contributed by atoms with E-state index in [1.54, 1.807) is 0 Å². The van der Waals surface area contributed by atoms with Crippen molar-refractivity contribution in [2.45, 2.75) is 115 Å². The molecule has 0 aromatic carbocycles. The number of carbonyl (C=O) groups is 2. The van der Waals surface area contributed by atoms with Crippen LogP contribution >= 0.6 is 0 Å². The Morgan fingerprint density at radius 1 is 0.800 bits per heavy atom. The van der Waals surface area contributed by atoms with Gasteiger partial charge in [0, 0.05) is 0 Å². The van der Waals surface area contributed by atoms with Crippen LogP contribution in [-0.4, -0.2) is 24.1 Å². The van der Waals surface area contributed by atoms with Gasteiger partial charge in [0.25, 0.3) is 0 Å². The molecule has 25 heavy (non-hydrogen) atoms. The molecule has 1 rings (SSSR count). The molecular formula is C21H44O4. The normalized spacial score (nSPS) is 15.1. The van der Waals surface area contributed by atoms with Gasteiger partial charge in [-0.2, -0.15) is 0 Å². The Bertz CT molecular complexity index is 366. The van der Waals surface area contributed by atoms with E-state index in [-0.39, 0.29) is 49.8 Å². The van der Waals surface area contributed by atoms with Crippen LogP contribution in [0.3, 0.4) is 0 Å². The quantitative estimate of drug-likeness (QED) is 0.553. The molecule has 0 unspecified atom stereocenters. The summed E-state index contributed by atoms with van der Waals surface area (Å²) in [4.78, 5) is 22.6. The van der Waals surface area contributed by atoms with E-state index in [0.717, 1.165) is 12.8 Å². The number of hydrogen-bond donors (Lipinski definition) is 0. The molecule has 0 heterocycles. The van der Waals surface area contributed by atoms with Crippen LogP contribution in [-0.2, 0) is 19.1 Å². The number of hydrogen-bond acceptors (Lipinski definition) is 4. The molecule has 0 amide bonds. The standard InChI is InChI=1S/C11H20O2.C8H16O2.2CH4/c1-11(2,3)10(12)13-9-7-5-4-6-8-9;1-6(2)10-7(9)8(3,4)5;;/h9H,4-8H2,1-3H3;6H,1-5H3;2*1H4. The SMILES string of the molecule is C.C.CC(C)(C)C(=O)OC1CCCCC1.CC(C)OC(=O)C(C)(C)C. The average Bonchev–Trinajstić information content (AvgIpc) is 2.37. The Balaban J connectivity index is -0.000000370. The Kier molecular flexibility index (Phi) is 14.2. The van der Waals surface area contributed by atoms with Crippen molar-refractivity contribution in [1.82, 2.24) is 0 Å². The first-order chi connectivity index (χ1) is 10.3. The molecule has 0 aromatic rings. The molecule has 1 saturated carbocycles. The maximum Gasteiger partial charge on any atom is 0.311 e. The van der Waals surface area contributed by atoms with Gasteiger partial charge in [-0.3, -0.25) is 9.59 Å². The maximum atomic E-state index is 11.5. The minimum Gasteiger partial charge on any atom is -0.463 e. The zero-order valence-corrected chi connectivity index (χ0v) is 16.3. The summed E-state index contributed by atoms with van der Waals surface area (Å²) in [7, 11) is 0. The van der Waals surface area contributed by atoms with Crippen molar-refractivity contribution in [2.24, 2.45) is 10.8 Å². The van der Waals surface area contributed by atoms with E-state index in [2.05, 4.69) is 0 Å². The highest BCUT2D eigenvalue weighted by Gasteiger charge is 2.27. The molecule has 1 fully saturated rings. The smallest absolute Gasteiger partial charge is 0.311 e. The Morgan fingerprint density at radius 2 is 1.20 bits per heavy atom. The third kappa shape index (κ3) is 13.9. The second kappa shape index (κ2) is 12.3. The van der Waals surface area contributed by atoms with E-state index in [0.29, 0.717) is 0 Å². The number of ether oxygens (including phenoxy) is 2. The largest absolute Gasteiger partial charge is 0.463 e. The number of rotatable bonds is 2. The number of esters is 2. The predicted octanol–water partition coefficient (Wildman–Crippen LogP) is 6.16. The average molecular weight is 361 g/mol. The summed E-state index contributed by atoms with van der Waals surface area (Å²) in [6.45, 7) is 14.9. The first kappa shape index (κ1) is 28.7. The summed E-state index contributed by atoms with van der Waals surface area (Å²) in [6.07, 6.45) is 6.02. The highest BCUT2D eigenvalue weighted by Crippen LogP contribution is 2.24. The lowest BCUT2D eigenvalue weighted by Gasteiger charge is -2.25. The fourth-order valence-electron chi connectivity index (χ4n) is 1.90. The van der Waals surface area contributed by atoms with Gasteiger partial charge in [-0.25, -0.2) is 0 Å². The van der Waals surface area contributed by atoms with Gasteiger partial charge in [-0.1, -0.05) is 21.3 Å². The molecule has 4 nitrogen and oxygen atoms in total. The van der Waals surface area contributed by atoms with E-state index in [4.69, 9.17) is 9.47 Å². The minimum absolute atomic E-state index is 0. The van der Waals surface area contributed by atoms with Crippen LogP contribution < -0.4 is 0 Å². The minimum atomic E-state index is -0.371. The summed E-state index contributed by atoms with van der Waals surface area (Å²) in [6, 6.07) is 0. The van der Waals surface area contributed by atoms with Gasteiger partial charge in [0.2, 0.25) is 0 Å². The van der Waals surface area contributed by atoms with E-state index >= 15 is 0 Å². The van der Waals surface area contributed by atoms with E-state index in [1.165, 1.54) is 19.3 Å². The highest BCUT2D eigenvalue weighted by atomic mass is 16.5. The fourth-order valence-corrected chi connectivity index (χ4v) is 1.90. The van der Waals surface area contributed by atoms with Crippen molar-refractivity contribution >= 4 is 11.9 Å². The number of carbonyl (C=O) groups excluding carboxylic acids is 2. The highest BCUT2D eigenvalue weighted by molar-refractivity contribution is 5.75. The van der Waals surface area contributed by atoms with Crippen LogP contribution in [0.15, 0.2) is 0 Å². The van der Waals surface area contributed by atoms with E-state index in [1.807, 2.05) is 55.4 Å². The van der Waals surface area contributed by atoms with Crippen LogP contribution in [0.25, 0.3) is 0 Å². The second-order valence-corrected chi connectivity index (χ2v) is 8.62. The molecule has 0 saturated heterocycles. The van der Waals surface area contributed by atoms with Gasteiger partial charge in [0.05, 0.1) is 16.9 Å². The molecule has 0 atom stereocenters. The molecular weight excluding hydrogens is 316 g/mol. The van der Waals surface area contributed by atoms with Crippen LogP contribution in [0.2, 0.25) is 0 Å². The van der Waals surface area contributed by atoms with Gasteiger partial charge < -0.3 is 9.47 Å². The van der Waals surface area contributed by atoms with Crippen molar-refractivity contribution in [3.8, 4) is 0 Å². The zero-order chi connectivity index (χ0) is 18.3. The van der Waals surface area contributed by atoms with Gasteiger partial charge in [-0.15, -0.1) is 0 Å². The molecule has 0 aromatic heterocycles. The van der Waals surface area contributed by atoms with Crippen molar-refractivity contribution < 1.29 is 19.1 Å². The summed E-state index contributed by atoms with van der Waals surface area (Å²) in [5.74, 6) is -0.193. The van der Waals surface area contributed by atoms with Crippen LogP contribution in [0.1, 0.15) is 102 Å². The van der Waals surface area contributed by atoms with Crippen molar-refractivity contribution in [1.29, 1.82) is 0 Å². The van der Waals surface area contributed by atoms with Crippen molar-refractivity contribution in [3.63, 3.8) is 0 Å². The molecule has 0 N–H and O–H groups in total. The van der Waals surface area contributed by atoms with Gasteiger partial charge in [-0.05, 0) is 81.1 Å². The summed E-state index contributed by atoms with van der Waals surface area (Å²) < 4.78 is 10.4. The third-order valence-corrected chi connectivity index (χ3v) is 3.39. The first-order valence-corrected chi connectivity index (χ1v) is 8.76. The van der Waals surface area contributed by atoms with Crippen molar-refractivity contribution in [2.75, 3.05) is 0 Å². The lowest BCUT2D eigenvalue weighted by molar-refractivity contribution is -0.160. The molecule has 0 bridgehead atoms. The summed E-state index contributed by atoms with van der Waals surface area (Å²) >= 11 is 0. The zero-order valence-electron chi connectivity index (χ0n) is 16.3. The predicted molar refractivity (Wildman–Crippen MR) is 107 cm³/mol. The van der Waals surface area contributed by atoms with Crippen LogP contribution in [0.5, 0.6) is 0 Å². The fraction of sp³-hybridized carbons (Fsp3) is 0.905. The Hall–Kier alpha value is -1.06. The van der Waals surface area contributed by atoms with Gasteiger partial charge in [0.1, 0.15) is 6.10 Å². The van der Waals surface area contributed by atoms with Crippen molar-refractivity contribution in [3.05, 3.63) is 0 Å². The molecule has 1 aliphatic rings. The van der Waals surface area contributed by atoms with Crippen LogP contribution in [0.4, 0.5) is 0 Å². The van der Waals surface area contributed by atoms with E-state index < -0.39 is 0 Å². The Morgan fingerprint density at radius 3 is 1.48 bits per heavy atom. The first-order valence-electron chi connectivity index (χ1n) is 8.76. The molecule has 4 heteroatoms. The molecule has 0 radical (unpaired) electrons. The lowest BCUT2D eigenvalue weighted by atomic mass is 9.95. The lowest BCUT2D eigenvalue weighted by Crippen LogP contribution is -2.29. The summed E-state index contributed by atoms with van der Waals surface area (Å²) in [5, 5.41) is 0. The van der Waals surface area contributed by atoms with E-state index in [9.17, 15) is 9.59 Å². The van der Waals surface area contributed by atoms with Gasteiger partial charge >= 0.3 is 11.9 Å². The maximum absolute atomic E-state index is 11.5. The third-order valence-electron chi connectivity index (χ3n) is 3.39. The molecule has 1 aliphatic carbocycles. The Labute approximate surface area is 157 Å². The monoisotopic (exact) mass is 360 g/mol. The van der Waals surface area contributed by atoms with Gasteiger partial charge in [0.15, 0.2) is 0 Å². The second-order valence-electron chi connectivity index (χ2n) is 8.62. The summed E-state index contributed by atoms with van der Waals surface area (Å²) in [5.41, 5.74) is -0.721. The van der Waals surface area contributed by atoms with Crippen LogP contribution in [0, 0.1) is 10.8 Å².